The summed E-state index contributed by atoms with van der Waals surface area (Å²) in [5, 5.41) is 2.85. The second-order valence-corrected chi connectivity index (χ2v) is 4.28. The zero-order chi connectivity index (χ0) is 11.8. The van der Waals surface area contributed by atoms with Crippen LogP contribution in [-0.4, -0.2) is 53.1 Å². The molecule has 2 aliphatic heterocycles. The zero-order valence-corrected chi connectivity index (χ0v) is 9.33. The van der Waals surface area contributed by atoms with Crippen molar-refractivity contribution in [1.29, 1.82) is 0 Å². The molecule has 17 heavy (non-hydrogen) atoms. The van der Waals surface area contributed by atoms with Crippen LogP contribution in [-0.2, 0) is 0 Å². The summed E-state index contributed by atoms with van der Waals surface area (Å²) in [7, 11) is 0. The lowest BCUT2D eigenvalue weighted by atomic mass is 10.2. The summed E-state index contributed by atoms with van der Waals surface area (Å²) in [5.74, 6) is 1.30. The molecule has 0 aromatic carbocycles. The van der Waals surface area contributed by atoms with Crippen LogP contribution in [0.1, 0.15) is 0 Å². The van der Waals surface area contributed by atoms with E-state index in [9.17, 15) is 4.79 Å². The molecule has 3 rings (SSSR count). The molecule has 1 atom stereocenters. The Hall–Kier alpha value is -2.05. The number of nitrogens with zero attached hydrogens (tertiary/aromatic N) is 4. The van der Waals surface area contributed by atoms with Crippen molar-refractivity contribution in [3.05, 3.63) is 12.4 Å². The summed E-state index contributed by atoms with van der Waals surface area (Å²) in [4.78, 5) is 23.6. The number of amides is 2. The van der Waals surface area contributed by atoms with Crippen LogP contribution in [0.2, 0.25) is 0 Å². The number of nitrogens with two attached hydrogens (primary N) is 1. The first-order chi connectivity index (χ1) is 8.24. The number of nitrogen functional groups attached to an aromatic ring is 1. The lowest BCUT2D eigenvalue weighted by Crippen LogP contribution is -2.52. The van der Waals surface area contributed by atoms with E-state index in [4.69, 9.17) is 5.73 Å². The van der Waals surface area contributed by atoms with Crippen LogP contribution in [0.25, 0.3) is 0 Å². The number of carbonyl (C=O) groups is 1. The lowest BCUT2D eigenvalue weighted by Gasteiger charge is -2.37. The van der Waals surface area contributed by atoms with Crippen LogP contribution in [0, 0.1) is 0 Å². The molecule has 3 heterocycles. The van der Waals surface area contributed by atoms with Gasteiger partial charge < -0.3 is 20.9 Å². The Morgan fingerprint density at radius 1 is 1.41 bits per heavy atom. The molecule has 1 aromatic rings. The molecule has 2 saturated heterocycles. The quantitative estimate of drug-likeness (QED) is 0.669. The number of fused-ring (bicyclic) bond motifs is 1. The molecule has 1 unspecified atom stereocenters. The number of urea groups is 1. The van der Waals surface area contributed by atoms with E-state index in [0.29, 0.717) is 12.4 Å². The Kier molecular flexibility index (Phi) is 2.24. The van der Waals surface area contributed by atoms with Crippen LogP contribution in [0.4, 0.5) is 16.4 Å². The van der Waals surface area contributed by atoms with E-state index in [-0.39, 0.29) is 12.1 Å². The summed E-state index contributed by atoms with van der Waals surface area (Å²) in [5.41, 5.74) is 5.64. The molecule has 0 spiro atoms. The molecule has 7 nitrogen and oxygen atoms in total. The number of anilines is 2. The highest BCUT2D eigenvalue weighted by Gasteiger charge is 2.35. The van der Waals surface area contributed by atoms with Gasteiger partial charge in [-0.3, -0.25) is 0 Å². The molecule has 90 valence electrons. The maximum Gasteiger partial charge on any atom is 0.317 e. The minimum Gasteiger partial charge on any atom is -0.384 e. The van der Waals surface area contributed by atoms with E-state index in [0.717, 1.165) is 25.5 Å². The summed E-state index contributed by atoms with van der Waals surface area (Å²) >= 11 is 0. The minimum absolute atomic E-state index is 0.0388. The lowest BCUT2D eigenvalue weighted by molar-refractivity contribution is 0.197. The van der Waals surface area contributed by atoms with E-state index in [1.807, 2.05) is 4.90 Å². The van der Waals surface area contributed by atoms with Crippen molar-refractivity contribution in [3.63, 3.8) is 0 Å². The van der Waals surface area contributed by atoms with Crippen LogP contribution in [0.15, 0.2) is 12.4 Å². The Bertz CT molecular complexity index is 450. The van der Waals surface area contributed by atoms with Crippen molar-refractivity contribution in [2.75, 3.05) is 36.8 Å². The minimum atomic E-state index is 0.0388. The molecule has 7 heteroatoms. The Labute approximate surface area is 98.6 Å². The SMILES string of the molecule is Nc1cc(N2CCN3C(=O)NCC3C2)ncn1. The molecular formula is C10H14N6O. The number of hydrogen-bond donors (Lipinski definition) is 2. The van der Waals surface area contributed by atoms with Gasteiger partial charge in [0, 0.05) is 32.2 Å². The van der Waals surface area contributed by atoms with Crippen LogP contribution in [0.3, 0.4) is 0 Å². The number of hydrogen-bond acceptors (Lipinski definition) is 5. The molecule has 1 aromatic heterocycles. The van der Waals surface area contributed by atoms with Gasteiger partial charge in [0.05, 0.1) is 6.04 Å². The normalized spacial score (nSPS) is 23.5. The Morgan fingerprint density at radius 3 is 3.12 bits per heavy atom. The highest BCUT2D eigenvalue weighted by atomic mass is 16.2. The van der Waals surface area contributed by atoms with Gasteiger partial charge in [0.1, 0.15) is 18.0 Å². The van der Waals surface area contributed by atoms with Crippen molar-refractivity contribution < 1.29 is 4.79 Å². The van der Waals surface area contributed by atoms with Crippen molar-refractivity contribution in [3.8, 4) is 0 Å². The second-order valence-electron chi connectivity index (χ2n) is 4.28. The number of rotatable bonds is 1. The topological polar surface area (TPSA) is 87.4 Å². The van der Waals surface area contributed by atoms with Gasteiger partial charge in [-0.25, -0.2) is 14.8 Å². The van der Waals surface area contributed by atoms with E-state index in [1.54, 1.807) is 6.07 Å². The average Bonchev–Trinajstić information content (AvgIpc) is 2.71. The highest BCUT2D eigenvalue weighted by molar-refractivity contribution is 5.77. The smallest absolute Gasteiger partial charge is 0.317 e. The predicted molar refractivity (Wildman–Crippen MR) is 62.6 cm³/mol. The highest BCUT2D eigenvalue weighted by Crippen LogP contribution is 2.19. The summed E-state index contributed by atoms with van der Waals surface area (Å²) < 4.78 is 0. The van der Waals surface area contributed by atoms with Crippen molar-refractivity contribution in [2.45, 2.75) is 6.04 Å². The summed E-state index contributed by atoms with van der Waals surface area (Å²) in [6, 6.07) is 2.03. The van der Waals surface area contributed by atoms with Gasteiger partial charge >= 0.3 is 6.03 Å². The van der Waals surface area contributed by atoms with Gasteiger partial charge in [-0.1, -0.05) is 0 Å². The predicted octanol–water partition coefficient (Wildman–Crippen LogP) is -0.727. The van der Waals surface area contributed by atoms with Crippen molar-refractivity contribution in [1.82, 2.24) is 20.2 Å². The van der Waals surface area contributed by atoms with Gasteiger partial charge in [0.2, 0.25) is 0 Å². The number of piperazine rings is 1. The molecule has 0 bridgehead atoms. The Balaban J connectivity index is 1.77. The molecule has 0 saturated carbocycles. The van der Waals surface area contributed by atoms with Crippen LogP contribution in [0.5, 0.6) is 0 Å². The first-order valence-electron chi connectivity index (χ1n) is 5.61. The number of carbonyl (C=O) groups excluding carboxylic acids is 1. The fourth-order valence-corrected chi connectivity index (χ4v) is 2.35. The first kappa shape index (κ1) is 10.1. The Morgan fingerprint density at radius 2 is 2.29 bits per heavy atom. The molecule has 0 radical (unpaired) electrons. The zero-order valence-electron chi connectivity index (χ0n) is 9.33. The van der Waals surface area contributed by atoms with Crippen molar-refractivity contribution >= 4 is 17.7 Å². The molecule has 2 amide bonds. The largest absolute Gasteiger partial charge is 0.384 e. The third kappa shape index (κ3) is 1.73. The monoisotopic (exact) mass is 234 g/mol. The molecule has 2 aliphatic rings. The van der Waals surface area contributed by atoms with Crippen LogP contribution >= 0.6 is 0 Å². The number of aromatic nitrogens is 2. The van der Waals surface area contributed by atoms with E-state index >= 15 is 0 Å². The van der Waals surface area contributed by atoms with Crippen molar-refractivity contribution in [2.24, 2.45) is 0 Å². The van der Waals surface area contributed by atoms with Gasteiger partial charge in [-0.05, 0) is 0 Å². The molecule has 2 fully saturated rings. The standard InChI is InChI=1S/C10H14N6O/c11-8-3-9(14-6-13-8)15-1-2-16-7(5-15)4-12-10(16)17/h3,6-7H,1-2,4-5H2,(H,12,17)(H2,11,13,14). The fourth-order valence-electron chi connectivity index (χ4n) is 2.35. The van der Waals surface area contributed by atoms with E-state index < -0.39 is 0 Å². The maximum absolute atomic E-state index is 11.5. The number of nitrogens with one attached hydrogen (secondary N) is 1. The first-order valence-corrected chi connectivity index (χ1v) is 5.61. The third-order valence-electron chi connectivity index (χ3n) is 3.23. The summed E-state index contributed by atoms with van der Waals surface area (Å²) in [6.07, 6.45) is 1.47. The van der Waals surface area contributed by atoms with E-state index in [2.05, 4.69) is 20.2 Å². The van der Waals surface area contributed by atoms with Gasteiger partial charge in [-0.15, -0.1) is 0 Å². The molecule has 3 N–H and O–H groups in total. The van der Waals surface area contributed by atoms with Gasteiger partial charge in [0.15, 0.2) is 0 Å². The van der Waals surface area contributed by atoms with E-state index in [1.165, 1.54) is 6.33 Å². The van der Waals surface area contributed by atoms with Crippen LogP contribution < -0.4 is 16.0 Å². The average molecular weight is 234 g/mol. The maximum atomic E-state index is 11.5. The van der Waals surface area contributed by atoms with Gasteiger partial charge in [-0.2, -0.15) is 0 Å². The third-order valence-corrected chi connectivity index (χ3v) is 3.23. The van der Waals surface area contributed by atoms with Gasteiger partial charge in [0.25, 0.3) is 0 Å². The molecule has 0 aliphatic carbocycles. The summed E-state index contributed by atoms with van der Waals surface area (Å²) in [6.45, 7) is 2.99. The second kappa shape index (κ2) is 3.76. The fraction of sp³-hybridized carbons (Fsp3) is 0.500. The molecular weight excluding hydrogens is 220 g/mol.